The van der Waals surface area contributed by atoms with Gasteiger partial charge < -0.3 is 0 Å². The van der Waals surface area contributed by atoms with Gasteiger partial charge in [0.05, 0.1) is 5.02 Å². The smallest absolute Gasteiger partial charge is 0.187 e. The van der Waals surface area contributed by atoms with E-state index < -0.39 is 0 Å². The summed E-state index contributed by atoms with van der Waals surface area (Å²) in [5.41, 5.74) is 0.476. The first-order valence-electron chi connectivity index (χ1n) is 3.77. The Morgan fingerprint density at radius 3 is 2.62 bits per heavy atom. The van der Waals surface area contributed by atoms with Crippen molar-refractivity contribution >= 4 is 29.0 Å². The lowest BCUT2D eigenvalue weighted by Gasteiger charge is -1.99. The molecule has 0 atom stereocenters. The van der Waals surface area contributed by atoms with E-state index in [1.807, 2.05) is 0 Å². The van der Waals surface area contributed by atoms with Gasteiger partial charge in [-0.1, -0.05) is 29.3 Å². The standard InChI is InChI=1S/C10H8Cl2O/c1-2-3-10(13)8-5-4-7(11)6-9(8)12/h2-6H,1H3/b3-2+. The normalized spacial score (nSPS) is 10.7. The number of carbonyl (C=O) groups is 1. The van der Waals surface area contributed by atoms with Gasteiger partial charge in [-0.15, -0.1) is 0 Å². The molecule has 1 aromatic carbocycles. The fraction of sp³-hybridized carbons (Fsp3) is 0.100. The third-order valence-electron chi connectivity index (χ3n) is 1.51. The van der Waals surface area contributed by atoms with Crippen molar-refractivity contribution < 1.29 is 4.79 Å². The van der Waals surface area contributed by atoms with Crippen LogP contribution in [0, 0.1) is 0 Å². The maximum Gasteiger partial charge on any atom is 0.187 e. The molecule has 1 aromatic rings. The minimum atomic E-state index is -0.107. The minimum absolute atomic E-state index is 0.107. The zero-order valence-electron chi connectivity index (χ0n) is 7.05. The van der Waals surface area contributed by atoms with E-state index in [0.717, 1.165) is 0 Å². The molecule has 0 unspecified atom stereocenters. The van der Waals surface area contributed by atoms with Crippen molar-refractivity contribution in [2.75, 3.05) is 0 Å². The highest BCUT2D eigenvalue weighted by Crippen LogP contribution is 2.21. The second kappa shape index (κ2) is 4.45. The zero-order chi connectivity index (χ0) is 9.84. The van der Waals surface area contributed by atoms with Crippen molar-refractivity contribution in [2.45, 2.75) is 6.92 Å². The molecule has 0 heterocycles. The van der Waals surface area contributed by atoms with Gasteiger partial charge in [-0.25, -0.2) is 0 Å². The second-order valence-electron chi connectivity index (χ2n) is 2.49. The minimum Gasteiger partial charge on any atom is -0.289 e. The van der Waals surface area contributed by atoms with Crippen molar-refractivity contribution in [1.82, 2.24) is 0 Å². The van der Waals surface area contributed by atoms with Gasteiger partial charge in [-0.05, 0) is 31.2 Å². The summed E-state index contributed by atoms with van der Waals surface area (Å²) in [5, 5.41) is 0.914. The number of ketones is 1. The summed E-state index contributed by atoms with van der Waals surface area (Å²) in [6.45, 7) is 1.78. The summed E-state index contributed by atoms with van der Waals surface area (Å²) in [5.74, 6) is -0.107. The molecule has 0 N–H and O–H groups in total. The summed E-state index contributed by atoms with van der Waals surface area (Å²) in [6, 6.07) is 4.82. The maximum absolute atomic E-state index is 11.4. The van der Waals surface area contributed by atoms with Crippen molar-refractivity contribution in [3.8, 4) is 0 Å². The number of hydrogen-bond acceptors (Lipinski definition) is 1. The first kappa shape index (κ1) is 10.3. The van der Waals surface area contributed by atoms with Gasteiger partial charge in [0.15, 0.2) is 5.78 Å². The molecule has 0 radical (unpaired) electrons. The molecule has 0 saturated carbocycles. The average Bonchev–Trinajstić information content (AvgIpc) is 2.04. The Bertz CT molecular complexity index is 356. The highest BCUT2D eigenvalue weighted by atomic mass is 35.5. The Morgan fingerprint density at radius 1 is 1.38 bits per heavy atom. The summed E-state index contributed by atoms with van der Waals surface area (Å²) in [4.78, 5) is 11.4. The molecule has 0 aliphatic carbocycles. The summed E-state index contributed by atoms with van der Waals surface area (Å²) < 4.78 is 0. The van der Waals surface area contributed by atoms with Crippen LogP contribution in [0.25, 0.3) is 0 Å². The number of carbonyl (C=O) groups excluding carboxylic acids is 1. The highest BCUT2D eigenvalue weighted by Gasteiger charge is 2.06. The monoisotopic (exact) mass is 214 g/mol. The highest BCUT2D eigenvalue weighted by molar-refractivity contribution is 6.37. The van der Waals surface area contributed by atoms with Crippen LogP contribution in [0.2, 0.25) is 10.0 Å². The summed E-state index contributed by atoms with van der Waals surface area (Å²) in [7, 11) is 0. The van der Waals surface area contributed by atoms with Crippen LogP contribution < -0.4 is 0 Å². The van der Waals surface area contributed by atoms with E-state index in [-0.39, 0.29) is 5.78 Å². The Hall–Kier alpha value is -0.790. The molecule has 68 valence electrons. The Balaban J connectivity index is 3.09. The van der Waals surface area contributed by atoms with Crippen LogP contribution in [0.1, 0.15) is 17.3 Å². The van der Waals surface area contributed by atoms with Crippen LogP contribution in [-0.4, -0.2) is 5.78 Å². The van der Waals surface area contributed by atoms with Crippen LogP contribution >= 0.6 is 23.2 Å². The van der Waals surface area contributed by atoms with Crippen LogP contribution in [0.5, 0.6) is 0 Å². The van der Waals surface area contributed by atoms with Crippen LogP contribution in [-0.2, 0) is 0 Å². The molecule has 13 heavy (non-hydrogen) atoms. The van der Waals surface area contributed by atoms with E-state index in [2.05, 4.69) is 0 Å². The zero-order valence-corrected chi connectivity index (χ0v) is 8.56. The molecule has 0 spiro atoms. The van der Waals surface area contributed by atoms with E-state index in [4.69, 9.17) is 23.2 Å². The molecular weight excluding hydrogens is 207 g/mol. The van der Waals surface area contributed by atoms with Gasteiger partial charge in [-0.3, -0.25) is 4.79 Å². The van der Waals surface area contributed by atoms with E-state index >= 15 is 0 Å². The predicted octanol–water partition coefficient (Wildman–Crippen LogP) is 3.75. The van der Waals surface area contributed by atoms with Gasteiger partial charge in [0.2, 0.25) is 0 Å². The number of allylic oxidation sites excluding steroid dienone is 2. The summed E-state index contributed by atoms with van der Waals surface area (Å²) in [6.07, 6.45) is 3.14. The largest absolute Gasteiger partial charge is 0.289 e. The Kier molecular flexibility index (Phi) is 3.52. The Labute approximate surface area is 87.0 Å². The second-order valence-corrected chi connectivity index (χ2v) is 3.33. The van der Waals surface area contributed by atoms with Crippen LogP contribution in [0.4, 0.5) is 0 Å². The first-order valence-corrected chi connectivity index (χ1v) is 4.53. The molecule has 0 bridgehead atoms. The van der Waals surface area contributed by atoms with Gasteiger partial charge in [0.1, 0.15) is 0 Å². The van der Waals surface area contributed by atoms with Crippen molar-refractivity contribution in [2.24, 2.45) is 0 Å². The number of rotatable bonds is 2. The lowest BCUT2D eigenvalue weighted by atomic mass is 10.1. The molecule has 0 aromatic heterocycles. The fourth-order valence-electron chi connectivity index (χ4n) is 0.930. The van der Waals surface area contributed by atoms with E-state index in [1.54, 1.807) is 31.2 Å². The molecule has 3 heteroatoms. The molecule has 0 aliphatic heterocycles. The van der Waals surface area contributed by atoms with Gasteiger partial charge in [0, 0.05) is 10.6 Å². The molecule has 0 saturated heterocycles. The van der Waals surface area contributed by atoms with E-state index in [1.165, 1.54) is 6.08 Å². The van der Waals surface area contributed by atoms with Gasteiger partial charge >= 0.3 is 0 Å². The topological polar surface area (TPSA) is 17.1 Å². The van der Waals surface area contributed by atoms with Gasteiger partial charge in [-0.2, -0.15) is 0 Å². The number of halogens is 2. The predicted molar refractivity (Wildman–Crippen MR) is 55.6 cm³/mol. The number of hydrogen-bond donors (Lipinski definition) is 0. The van der Waals surface area contributed by atoms with Crippen molar-refractivity contribution in [3.05, 3.63) is 46.0 Å². The van der Waals surface area contributed by atoms with Crippen LogP contribution in [0.15, 0.2) is 30.4 Å². The fourth-order valence-corrected chi connectivity index (χ4v) is 1.43. The lowest BCUT2D eigenvalue weighted by molar-refractivity contribution is 0.104. The molecule has 0 aliphatic rings. The SMILES string of the molecule is C/C=C/C(=O)c1ccc(Cl)cc1Cl. The maximum atomic E-state index is 11.4. The number of benzene rings is 1. The third kappa shape index (κ3) is 2.58. The third-order valence-corrected chi connectivity index (χ3v) is 2.06. The quantitative estimate of drug-likeness (QED) is 0.542. The first-order chi connectivity index (χ1) is 6.15. The molecule has 1 rings (SSSR count). The molecule has 1 nitrogen and oxygen atoms in total. The lowest BCUT2D eigenvalue weighted by Crippen LogP contribution is -1.94. The van der Waals surface area contributed by atoms with Crippen molar-refractivity contribution in [1.29, 1.82) is 0 Å². The molecule has 0 fully saturated rings. The summed E-state index contributed by atoms with van der Waals surface area (Å²) >= 11 is 11.5. The average molecular weight is 215 g/mol. The van der Waals surface area contributed by atoms with Gasteiger partial charge in [0.25, 0.3) is 0 Å². The van der Waals surface area contributed by atoms with Crippen LogP contribution in [0.3, 0.4) is 0 Å². The Morgan fingerprint density at radius 2 is 2.08 bits per heavy atom. The van der Waals surface area contributed by atoms with E-state index in [9.17, 15) is 4.79 Å². The molecule has 0 amide bonds. The molecular formula is C10H8Cl2O. The van der Waals surface area contributed by atoms with Crippen molar-refractivity contribution in [3.63, 3.8) is 0 Å². The van der Waals surface area contributed by atoms with E-state index in [0.29, 0.717) is 15.6 Å².